The molecule has 0 heterocycles. The second-order valence-electron chi connectivity index (χ2n) is 4.54. The molecule has 0 unspecified atom stereocenters. The Morgan fingerprint density at radius 3 is 2.47 bits per heavy atom. The Labute approximate surface area is 99.9 Å². The second-order valence-corrected chi connectivity index (χ2v) is 5.40. The predicted molar refractivity (Wildman–Crippen MR) is 67.4 cm³/mol. The summed E-state index contributed by atoms with van der Waals surface area (Å²) in [5.41, 5.74) is 8.08. The van der Waals surface area contributed by atoms with Crippen LogP contribution in [-0.4, -0.2) is 12.6 Å². The first-order valence-electron chi connectivity index (χ1n) is 4.96. The maximum absolute atomic E-state index is 6.03. The largest absolute Gasteiger partial charge is 0.496 e. The molecule has 0 saturated carbocycles. The maximum atomic E-state index is 6.03. The van der Waals surface area contributed by atoms with Crippen molar-refractivity contribution in [3.63, 3.8) is 0 Å². The van der Waals surface area contributed by atoms with Crippen molar-refractivity contribution in [2.24, 2.45) is 5.73 Å². The summed E-state index contributed by atoms with van der Waals surface area (Å²) >= 11 is 3.54. The van der Waals surface area contributed by atoms with E-state index < -0.39 is 0 Å². The highest BCUT2D eigenvalue weighted by molar-refractivity contribution is 9.10. The minimum atomic E-state index is -0.233. The molecular formula is C12H18BrNO. The minimum absolute atomic E-state index is 0.233. The predicted octanol–water partition coefficient (Wildman–Crippen LogP) is 3.05. The van der Waals surface area contributed by atoms with Gasteiger partial charge in [-0.3, -0.25) is 0 Å². The van der Waals surface area contributed by atoms with Gasteiger partial charge >= 0.3 is 0 Å². The fourth-order valence-electron chi connectivity index (χ4n) is 1.63. The average Bonchev–Trinajstić information content (AvgIpc) is 2.10. The molecule has 15 heavy (non-hydrogen) atoms. The van der Waals surface area contributed by atoms with Gasteiger partial charge in [-0.25, -0.2) is 0 Å². The first kappa shape index (κ1) is 12.5. The molecule has 1 aromatic rings. The molecular weight excluding hydrogens is 254 g/mol. The van der Waals surface area contributed by atoms with Crippen LogP contribution in [0.25, 0.3) is 0 Å². The standard InChI is InChI=1S/C12H18BrNO/c1-8-5-6-10(13)9(11(8)15-4)7-12(2,3)14/h5-6H,7,14H2,1-4H3. The van der Waals surface area contributed by atoms with Gasteiger partial charge in [-0.1, -0.05) is 22.0 Å². The van der Waals surface area contributed by atoms with Crippen molar-refractivity contribution >= 4 is 15.9 Å². The lowest BCUT2D eigenvalue weighted by Gasteiger charge is -2.22. The molecule has 0 aliphatic carbocycles. The molecule has 3 heteroatoms. The van der Waals surface area contributed by atoms with E-state index in [-0.39, 0.29) is 5.54 Å². The van der Waals surface area contributed by atoms with Crippen molar-refractivity contribution in [1.82, 2.24) is 0 Å². The van der Waals surface area contributed by atoms with E-state index in [9.17, 15) is 0 Å². The molecule has 0 spiro atoms. The van der Waals surface area contributed by atoms with Crippen LogP contribution in [0.2, 0.25) is 0 Å². The third-order valence-electron chi connectivity index (χ3n) is 2.24. The van der Waals surface area contributed by atoms with E-state index in [4.69, 9.17) is 10.5 Å². The number of ether oxygens (including phenoxy) is 1. The molecule has 2 N–H and O–H groups in total. The summed E-state index contributed by atoms with van der Waals surface area (Å²) in [5.74, 6) is 0.933. The summed E-state index contributed by atoms with van der Waals surface area (Å²) in [7, 11) is 1.70. The van der Waals surface area contributed by atoms with Crippen LogP contribution in [0, 0.1) is 6.92 Å². The number of aryl methyl sites for hydroxylation is 1. The number of halogens is 1. The van der Waals surface area contributed by atoms with E-state index in [0.717, 1.165) is 27.8 Å². The van der Waals surface area contributed by atoms with Crippen LogP contribution in [0.3, 0.4) is 0 Å². The van der Waals surface area contributed by atoms with Gasteiger partial charge in [0.2, 0.25) is 0 Å². The average molecular weight is 272 g/mol. The van der Waals surface area contributed by atoms with Crippen LogP contribution in [0.15, 0.2) is 16.6 Å². The Morgan fingerprint density at radius 2 is 2.00 bits per heavy atom. The molecule has 0 fully saturated rings. The maximum Gasteiger partial charge on any atom is 0.126 e. The van der Waals surface area contributed by atoms with Gasteiger partial charge in [-0.15, -0.1) is 0 Å². The van der Waals surface area contributed by atoms with E-state index in [2.05, 4.69) is 15.9 Å². The molecule has 0 aliphatic rings. The zero-order valence-electron chi connectivity index (χ0n) is 9.73. The Morgan fingerprint density at radius 1 is 1.40 bits per heavy atom. The van der Waals surface area contributed by atoms with E-state index >= 15 is 0 Å². The van der Waals surface area contributed by atoms with Gasteiger partial charge in [-0.2, -0.15) is 0 Å². The highest BCUT2D eigenvalue weighted by Gasteiger charge is 2.18. The number of rotatable bonds is 3. The topological polar surface area (TPSA) is 35.2 Å². The summed E-state index contributed by atoms with van der Waals surface area (Å²) in [5, 5.41) is 0. The quantitative estimate of drug-likeness (QED) is 0.917. The van der Waals surface area contributed by atoms with Crippen molar-refractivity contribution < 1.29 is 4.74 Å². The summed E-state index contributed by atoms with van der Waals surface area (Å²) in [6.07, 6.45) is 0.790. The fourth-order valence-corrected chi connectivity index (χ4v) is 2.08. The van der Waals surface area contributed by atoms with E-state index in [1.165, 1.54) is 0 Å². The van der Waals surface area contributed by atoms with Gasteiger partial charge in [0.1, 0.15) is 5.75 Å². The van der Waals surface area contributed by atoms with E-state index in [1.807, 2.05) is 32.9 Å². The number of methoxy groups -OCH3 is 1. The van der Waals surface area contributed by atoms with Crippen LogP contribution < -0.4 is 10.5 Å². The molecule has 0 saturated heterocycles. The van der Waals surface area contributed by atoms with Crippen LogP contribution in [0.5, 0.6) is 5.75 Å². The molecule has 0 aliphatic heterocycles. The lowest BCUT2D eigenvalue weighted by molar-refractivity contribution is 0.398. The third kappa shape index (κ3) is 3.21. The molecule has 84 valence electrons. The number of hydrogen-bond donors (Lipinski definition) is 1. The Balaban J connectivity index is 3.20. The number of nitrogens with two attached hydrogens (primary N) is 1. The van der Waals surface area contributed by atoms with Gasteiger partial charge in [0.25, 0.3) is 0 Å². The van der Waals surface area contributed by atoms with Gasteiger partial charge < -0.3 is 10.5 Å². The summed E-state index contributed by atoms with van der Waals surface area (Å²) < 4.78 is 6.48. The van der Waals surface area contributed by atoms with Crippen LogP contribution in [-0.2, 0) is 6.42 Å². The molecule has 0 bridgehead atoms. The molecule has 0 atom stereocenters. The second kappa shape index (κ2) is 4.54. The Kier molecular flexibility index (Phi) is 3.79. The Bertz CT molecular complexity index is 355. The fraction of sp³-hybridized carbons (Fsp3) is 0.500. The van der Waals surface area contributed by atoms with Gasteiger partial charge in [0, 0.05) is 15.6 Å². The highest BCUT2D eigenvalue weighted by atomic mass is 79.9. The molecule has 2 nitrogen and oxygen atoms in total. The summed E-state index contributed by atoms with van der Waals surface area (Å²) in [6.45, 7) is 6.07. The van der Waals surface area contributed by atoms with Crippen molar-refractivity contribution in [2.75, 3.05) is 7.11 Å². The normalized spacial score (nSPS) is 11.6. The lowest BCUT2D eigenvalue weighted by Crippen LogP contribution is -2.34. The zero-order chi connectivity index (χ0) is 11.6. The van der Waals surface area contributed by atoms with Crippen molar-refractivity contribution in [1.29, 1.82) is 0 Å². The SMILES string of the molecule is COc1c(C)ccc(Br)c1CC(C)(C)N. The van der Waals surface area contributed by atoms with Crippen LogP contribution in [0.4, 0.5) is 0 Å². The van der Waals surface area contributed by atoms with E-state index in [1.54, 1.807) is 7.11 Å². The monoisotopic (exact) mass is 271 g/mol. The smallest absolute Gasteiger partial charge is 0.126 e. The van der Waals surface area contributed by atoms with Crippen molar-refractivity contribution in [2.45, 2.75) is 32.7 Å². The van der Waals surface area contributed by atoms with Crippen molar-refractivity contribution in [3.05, 3.63) is 27.7 Å². The molecule has 1 rings (SSSR count). The summed E-state index contributed by atoms with van der Waals surface area (Å²) in [6, 6.07) is 4.08. The lowest BCUT2D eigenvalue weighted by atomic mass is 9.94. The number of benzene rings is 1. The molecule has 0 aromatic heterocycles. The minimum Gasteiger partial charge on any atom is -0.496 e. The molecule has 0 amide bonds. The number of hydrogen-bond acceptors (Lipinski definition) is 2. The van der Waals surface area contributed by atoms with Crippen LogP contribution >= 0.6 is 15.9 Å². The van der Waals surface area contributed by atoms with Gasteiger partial charge in [-0.05, 0) is 38.8 Å². The highest BCUT2D eigenvalue weighted by Crippen LogP contribution is 2.32. The first-order chi connectivity index (χ1) is 6.85. The third-order valence-corrected chi connectivity index (χ3v) is 2.98. The van der Waals surface area contributed by atoms with Crippen LogP contribution in [0.1, 0.15) is 25.0 Å². The Hall–Kier alpha value is -0.540. The molecule has 0 radical (unpaired) electrons. The van der Waals surface area contributed by atoms with Gasteiger partial charge in [0.05, 0.1) is 7.11 Å². The first-order valence-corrected chi connectivity index (χ1v) is 5.75. The van der Waals surface area contributed by atoms with Gasteiger partial charge in [0.15, 0.2) is 0 Å². The summed E-state index contributed by atoms with van der Waals surface area (Å²) in [4.78, 5) is 0. The van der Waals surface area contributed by atoms with E-state index in [0.29, 0.717) is 0 Å². The van der Waals surface area contributed by atoms with Crippen molar-refractivity contribution in [3.8, 4) is 5.75 Å². The zero-order valence-corrected chi connectivity index (χ0v) is 11.3. The molecule has 1 aromatic carbocycles.